The molecule has 4 rings (SSSR count). The van der Waals surface area contributed by atoms with E-state index >= 15 is 0 Å². The van der Waals surface area contributed by atoms with E-state index in [0.29, 0.717) is 23.8 Å². The molecule has 0 bridgehead atoms. The van der Waals surface area contributed by atoms with Gasteiger partial charge in [-0.15, -0.1) is 0 Å². The highest BCUT2D eigenvalue weighted by Crippen LogP contribution is 2.36. The molecule has 0 unspecified atom stereocenters. The molecule has 1 aromatic heterocycles. The highest BCUT2D eigenvalue weighted by molar-refractivity contribution is 6.02. The Labute approximate surface area is 165 Å². The number of nitrogen functional groups attached to an aromatic ring is 1. The number of fused-ring (bicyclic) bond motifs is 1. The third kappa shape index (κ3) is 3.48. The van der Waals surface area contributed by atoms with Gasteiger partial charge in [0.2, 0.25) is 5.95 Å². The number of aromatic nitrogens is 2. The Kier molecular flexibility index (Phi) is 4.61. The van der Waals surface area contributed by atoms with Crippen molar-refractivity contribution in [1.82, 2.24) is 9.97 Å². The normalized spacial score (nSPS) is 18.8. The zero-order chi connectivity index (χ0) is 19.9. The Morgan fingerprint density at radius 1 is 1.00 bits per heavy atom. The molecule has 7 nitrogen and oxygen atoms in total. The van der Waals surface area contributed by atoms with Crippen LogP contribution in [-0.2, 0) is 6.42 Å². The van der Waals surface area contributed by atoms with Gasteiger partial charge in [0.1, 0.15) is 11.6 Å². The van der Waals surface area contributed by atoms with E-state index in [1.54, 1.807) is 7.11 Å². The first-order valence-electron chi connectivity index (χ1n) is 9.70. The van der Waals surface area contributed by atoms with Gasteiger partial charge >= 0.3 is 0 Å². The van der Waals surface area contributed by atoms with Gasteiger partial charge in [-0.05, 0) is 36.1 Å². The van der Waals surface area contributed by atoms with Crippen LogP contribution in [0.5, 0.6) is 5.75 Å². The monoisotopic (exact) mass is 381 g/mol. The maximum Gasteiger partial charge on any atom is 0.227 e. The van der Waals surface area contributed by atoms with Gasteiger partial charge in [0, 0.05) is 38.3 Å². The summed E-state index contributed by atoms with van der Waals surface area (Å²) in [6.07, 6.45) is 1.24. The maximum absolute atomic E-state index is 12.5. The smallest absolute Gasteiger partial charge is 0.227 e. The van der Waals surface area contributed by atoms with Crippen LogP contribution in [0.1, 0.15) is 36.3 Å². The average molecular weight is 381 g/mol. The number of benzene rings is 1. The summed E-state index contributed by atoms with van der Waals surface area (Å²) in [6.45, 7) is 7.55. The molecular weight excluding hydrogens is 354 g/mol. The third-order valence-corrected chi connectivity index (χ3v) is 5.56. The third-order valence-electron chi connectivity index (χ3n) is 5.56. The van der Waals surface area contributed by atoms with E-state index in [1.165, 1.54) is 5.69 Å². The molecule has 7 heteroatoms. The molecule has 148 valence electrons. The number of Topliss-reactive ketones (excluding diaryl/α,β-unsaturated/α-hetero) is 1. The molecule has 1 aliphatic carbocycles. The van der Waals surface area contributed by atoms with Crippen molar-refractivity contribution < 1.29 is 9.53 Å². The van der Waals surface area contributed by atoms with Gasteiger partial charge in [0.25, 0.3) is 0 Å². The number of carbonyl (C=O) groups is 1. The number of anilines is 3. The fourth-order valence-electron chi connectivity index (χ4n) is 4.08. The van der Waals surface area contributed by atoms with Gasteiger partial charge in [0.05, 0.1) is 18.4 Å². The highest BCUT2D eigenvalue weighted by atomic mass is 16.5. The summed E-state index contributed by atoms with van der Waals surface area (Å²) in [4.78, 5) is 26.2. The number of hydrogen-bond acceptors (Lipinski definition) is 7. The van der Waals surface area contributed by atoms with E-state index < -0.39 is 0 Å². The van der Waals surface area contributed by atoms with Crippen LogP contribution in [0.3, 0.4) is 0 Å². The molecular formula is C21H27N5O2. The van der Waals surface area contributed by atoms with Crippen LogP contribution in [0.2, 0.25) is 0 Å². The van der Waals surface area contributed by atoms with Crippen LogP contribution in [0.15, 0.2) is 24.3 Å². The number of nitrogens with two attached hydrogens (primary N) is 1. The Morgan fingerprint density at radius 2 is 1.64 bits per heavy atom. The number of hydrogen-bond donors (Lipinski definition) is 1. The zero-order valence-corrected chi connectivity index (χ0v) is 16.7. The molecule has 0 radical (unpaired) electrons. The fourth-order valence-corrected chi connectivity index (χ4v) is 4.08. The molecule has 2 N–H and O–H groups in total. The van der Waals surface area contributed by atoms with Crippen molar-refractivity contribution in [3.63, 3.8) is 0 Å². The van der Waals surface area contributed by atoms with Crippen LogP contribution in [-0.4, -0.2) is 49.0 Å². The molecule has 28 heavy (non-hydrogen) atoms. The second-order valence-corrected chi connectivity index (χ2v) is 8.34. The summed E-state index contributed by atoms with van der Waals surface area (Å²) in [5, 5.41) is 0. The van der Waals surface area contributed by atoms with Gasteiger partial charge in [-0.1, -0.05) is 13.8 Å². The summed E-state index contributed by atoms with van der Waals surface area (Å²) in [5.41, 5.74) is 8.56. The van der Waals surface area contributed by atoms with E-state index in [-0.39, 0.29) is 11.2 Å². The predicted molar refractivity (Wildman–Crippen MR) is 110 cm³/mol. The lowest BCUT2D eigenvalue weighted by atomic mass is 9.76. The van der Waals surface area contributed by atoms with Gasteiger partial charge < -0.3 is 20.3 Å². The second kappa shape index (κ2) is 6.96. The topological polar surface area (TPSA) is 84.6 Å². The Morgan fingerprint density at radius 3 is 2.29 bits per heavy atom. The quantitative estimate of drug-likeness (QED) is 0.874. The minimum absolute atomic E-state index is 0.0552. The molecule has 2 aliphatic rings. The number of rotatable bonds is 3. The van der Waals surface area contributed by atoms with Crippen molar-refractivity contribution in [3.8, 4) is 5.75 Å². The highest BCUT2D eigenvalue weighted by Gasteiger charge is 2.35. The van der Waals surface area contributed by atoms with Crippen molar-refractivity contribution in [2.45, 2.75) is 26.7 Å². The van der Waals surface area contributed by atoms with Gasteiger partial charge in [-0.3, -0.25) is 4.79 Å². The first kappa shape index (κ1) is 18.5. The average Bonchev–Trinajstić information content (AvgIpc) is 2.66. The predicted octanol–water partition coefficient (Wildman–Crippen LogP) is 2.55. The maximum atomic E-state index is 12.5. The molecule has 1 aromatic carbocycles. The summed E-state index contributed by atoms with van der Waals surface area (Å²) >= 11 is 0. The molecule has 1 saturated heterocycles. The summed E-state index contributed by atoms with van der Waals surface area (Å²) in [6, 6.07) is 8.12. The molecule has 1 fully saturated rings. The van der Waals surface area contributed by atoms with Crippen LogP contribution in [0.25, 0.3) is 0 Å². The summed E-state index contributed by atoms with van der Waals surface area (Å²) in [7, 11) is 1.67. The van der Waals surface area contributed by atoms with Crippen molar-refractivity contribution in [2.75, 3.05) is 48.8 Å². The van der Waals surface area contributed by atoms with Crippen molar-refractivity contribution in [2.24, 2.45) is 5.41 Å². The van der Waals surface area contributed by atoms with Crippen LogP contribution in [0, 0.1) is 5.41 Å². The van der Waals surface area contributed by atoms with Gasteiger partial charge in [-0.2, -0.15) is 4.98 Å². The molecule has 2 aromatic rings. The van der Waals surface area contributed by atoms with E-state index in [0.717, 1.165) is 44.0 Å². The first-order chi connectivity index (χ1) is 13.4. The lowest BCUT2D eigenvalue weighted by molar-refractivity contribution is 0.0911. The zero-order valence-electron chi connectivity index (χ0n) is 16.7. The molecule has 2 heterocycles. The fraction of sp³-hybridized carbons (Fsp3) is 0.476. The van der Waals surface area contributed by atoms with E-state index in [4.69, 9.17) is 15.5 Å². The minimum Gasteiger partial charge on any atom is -0.497 e. The SMILES string of the molecule is COc1ccc(N2CCN(c3nc(N)c4c(n3)CC(C)(C)CC4=O)CC2)cc1. The Hall–Kier alpha value is -2.83. The number of nitrogens with zero attached hydrogens (tertiary/aromatic N) is 4. The van der Waals surface area contributed by atoms with Crippen molar-refractivity contribution >= 4 is 23.2 Å². The standard InChI is InChI=1S/C21H27N5O2/c1-21(2)12-16-18(17(27)13-21)19(22)24-20(23-16)26-10-8-25(9-11-26)14-4-6-15(28-3)7-5-14/h4-7H,8-13H2,1-3H3,(H2,22,23,24). The molecule has 0 spiro atoms. The van der Waals surface area contributed by atoms with Crippen molar-refractivity contribution in [1.29, 1.82) is 0 Å². The summed E-state index contributed by atoms with van der Waals surface area (Å²) < 4.78 is 5.23. The second-order valence-electron chi connectivity index (χ2n) is 8.34. The van der Waals surface area contributed by atoms with Gasteiger partial charge in [0.15, 0.2) is 5.78 Å². The lowest BCUT2D eigenvalue weighted by Gasteiger charge is -2.37. The number of ether oxygens (including phenoxy) is 1. The van der Waals surface area contributed by atoms with Gasteiger partial charge in [-0.25, -0.2) is 4.98 Å². The van der Waals surface area contributed by atoms with E-state index in [2.05, 4.69) is 40.8 Å². The van der Waals surface area contributed by atoms with Crippen LogP contribution in [0.4, 0.5) is 17.5 Å². The molecule has 0 saturated carbocycles. The molecule has 0 amide bonds. The number of methoxy groups -OCH3 is 1. The van der Waals surface area contributed by atoms with Crippen LogP contribution >= 0.6 is 0 Å². The molecule has 1 aliphatic heterocycles. The lowest BCUT2D eigenvalue weighted by Crippen LogP contribution is -2.47. The Balaban J connectivity index is 1.50. The number of ketones is 1. The first-order valence-corrected chi connectivity index (χ1v) is 9.70. The molecule has 0 atom stereocenters. The van der Waals surface area contributed by atoms with E-state index in [1.807, 2.05) is 12.1 Å². The summed E-state index contributed by atoms with van der Waals surface area (Å²) in [5.74, 6) is 1.87. The van der Waals surface area contributed by atoms with Crippen LogP contribution < -0.4 is 20.3 Å². The Bertz CT molecular complexity index is 886. The van der Waals surface area contributed by atoms with Crippen molar-refractivity contribution in [3.05, 3.63) is 35.5 Å². The number of carbonyl (C=O) groups excluding carboxylic acids is 1. The largest absolute Gasteiger partial charge is 0.497 e. The number of piperazine rings is 1. The van der Waals surface area contributed by atoms with E-state index in [9.17, 15) is 4.79 Å². The minimum atomic E-state index is -0.0881.